The maximum Gasteiger partial charge on any atom is 0.260 e. The molecule has 1 aromatic heterocycles. The predicted octanol–water partition coefficient (Wildman–Crippen LogP) is 4.83. The van der Waals surface area contributed by atoms with Crippen molar-refractivity contribution in [2.45, 2.75) is 13.8 Å². The summed E-state index contributed by atoms with van der Waals surface area (Å²) in [6, 6.07) is 10.1. The van der Waals surface area contributed by atoms with Crippen molar-refractivity contribution in [3.05, 3.63) is 57.8 Å². The lowest BCUT2D eigenvalue weighted by molar-refractivity contribution is -0.116. The van der Waals surface area contributed by atoms with Crippen molar-refractivity contribution in [2.75, 3.05) is 31.6 Å². The van der Waals surface area contributed by atoms with Gasteiger partial charge in [-0.15, -0.1) is 0 Å². The van der Waals surface area contributed by atoms with Crippen molar-refractivity contribution in [2.24, 2.45) is 0 Å². The molecule has 2 aromatic carbocycles. The summed E-state index contributed by atoms with van der Waals surface area (Å²) in [5, 5.41) is 7.48. The third-order valence-electron chi connectivity index (χ3n) is 5.11. The molecule has 2 heterocycles. The first-order chi connectivity index (χ1) is 15.9. The summed E-state index contributed by atoms with van der Waals surface area (Å²) in [7, 11) is 0. The molecule has 0 bridgehead atoms. The van der Waals surface area contributed by atoms with E-state index in [1.807, 2.05) is 0 Å². The van der Waals surface area contributed by atoms with E-state index >= 15 is 0 Å². The van der Waals surface area contributed by atoms with Crippen LogP contribution < -0.4 is 14.8 Å². The molecular formula is C23H21Cl2N3O5. The third-order valence-corrected chi connectivity index (χ3v) is 5.74. The van der Waals surface area contributed by atoms with Crippen LogP contribution in [-0.2, 0) is 4.79 Å². The Kier molecular flexibility index (Phi) is 6.76. The number of nitrogens with zero attached hydrogens (tertiary/aromatic N) is 2. The molecule has 8 nitrogen and oxygen atoms in total. The molecular weight excluding hydrogens is 469 g/mol. The molecule has 1 N–H and O–H groups in total. The molecule has 0 unspecified atom stereocenters. The molecule has 10 heteroatoms. The molecule has 0 radical (unpaired) electrons. The second-order valence-corrected chi connectivity index (χ2v) is 8.10. The smallest absolute Gasteiger partial charge is 0.260 e. The Morgan fingerprint density at radius 1 is 1.09 bits per heavy atom. The van der Waals surface area contributed by atoms with E-state index in [0.29, 0.717) is 51.8 Å². The maximum atomic E-state index is 13.4. The number of anilines is 1. The van der Waals surface area contributed by atoms with E-state index in [4.69, 9.17) is 37.2 Å². The van der Waals surface area contributed by atoms with Crippen LogP contribution in [0, 0.1) is 6.92 Å². The van der Waals surface area contributed by atoms with Crippen molar-refractivity contribution in [3.63, 3.8) is 0 Å². The number of hydrogen-bond acceptors (Lipinski definition) is 6. The Morgan fingerprint density at radius 3 is 2.48 bits per heavy atom. The topological polar surface area (TPSA) is 93.9 Å². The number of amides is 2. The van der Waals surface area contributed by atoms with E-state index in [1.165, 1.54) is 4.90 Å². The number of fused-ring (bicyclic) bond motifs is 1. The number of carbonyl (C=O) groups is 2. The summed E-state index contributed by atoms with van der Waals surface area (Å²) in [5.74, 6) is 0.701. The molecule has 33 heavy (non-hydrogen) atoms. The number of ether oxygens (including phenoxy) is 2. The van der Waals surface area contributed by atoms with Gasteiger partial charge in [-0.2, -0.15) is 0 Å². The van der Waals surface area contributed by atoms with Crippen molar-refractivity contribution in [3.8, 4) is 22.8 Å². The molecule has 4 rings (SSSR count). The Labute approximate surface area is 200 Å². The number of aryl methyl sites for hydroxylation is 1. The summed E-state index contributed by atoms with van der Waals surface area (Å²) in [4.78, 5) is 27.5. The van der Waals surface area contributed by atoms with E-state index in [-0.39, 0.29) is 30.3 Å². The predicted molar refractivity (Wildman–Crippen MR) is 124 cm³/mol. The number of carbonyl (C=O) groups excluding carboxylic acids is 2. The Balaban J connectivity index is 1.53. The Hall–Kier alpha value is -3.23. The highest BCUT2D eigenvalue weighted by Gasteiger charge is 2.28. The van der Waals surface area contributed by atoms with Gasteiger partial charge in [0.05, 0.1) is 10.0 Å². The van der Waals surface area contributed by atoms with Crippen LogP contribution in [0.2, 0.25) is 10.0 Å². The Morgan fingerprint density at radius 2 is 1.79 bits per heavy atom. The quantitative estimate of drug-likeness (QED) is 0.532. The molecule has 0 atom stereocenters. The normalized spacial score (nSPS) is 12.4. The summed E-state index contributed by atoms with van der Waals surface area (Å²) >= 11 is 12.6. The van der Waals surface area contributed by atoms with Gasteiger partial charge in [-0.3, -0.25) is 9.59 Å². The number of likely N-dealkylation sites (N-methyl/N-ethyl adjacent to an activating group) is 1. The second-order valence-electron chi connectivity index (χ2n) is 7.28. The van der Waals surface area contributed by atoms with Gasteiger partial charge in [-0.05, 0) is 38.1 Å². The summed E-state index contributed by atoms with van der Waals surface area (Å²) in [5.41, 5.74) is 1.38. The average Bonchev–Trinajstić information content (AvgIpc) is 3.17. The SMILES string of the molecule is CCN(CC(=O)Nc1ccc2c(c1)OCCO2)C(=O)c1c(-c2c(Cl)cccc2Cl)noc1C. The molecule has 3 aromatic rings. The van der Waals surface area contributed by atoms with E-state index in [2.05, 4.69) is 10.5 Å². The zero-order chi connectivity index (χ0) is 23.5. The van der Waals surface area contributed by atoms with Gasteiger partial charge in [0.2, 0.25) is 5.91 Å². The van der Waals surface area contributed by atoms with Crippen LogP contribution in [0.15, 0.2) is 40.9 Å². The number of nitrogens with one attached hydrogen (secondary N) is 1. The van der Waals surface area contributed by atoms with E-state index in [0.717, 1.165) is 0 Å². The van der Waals surface area contributed by atoms with Gasteiger partial charge >= 0.3 is 0 Å². The van der Waals surface area contributed by atoms with Gasteiger partial charge in [0, 0.05) is 23.9 Å². The lowest BCUT2D eigenvalue weighted by Gasteiger charge is -2.21. The molecule has 0 spiro atoms. The van der Waals surface area contributed by atoms with Crippen LogP contribution in [0.4, 0.5) is 5.69 Å². The lowest BCUT2D eigenvalue weighted by atomic mass is 10.0. The maximum absolute atomic E-state index is 13.4. The number of hydrogen-bond donors (Lipinski definition) is 1. The summed E-state index contributed by atoms with van der Waals surface area (Å²) in [6.07, 6.45) is 0. The van der Waals surface area contributed by atoms with E-state index in [9.17, 15) is 9.59 Å². The number of halogens is 2. The molecule has 0 saturated carbocycles. The number of benzene rings is 2. The van der Waals surface area contributed by atoms with Crippen LogP contribution in [0.5, 0.6) is 11.5 Å². The van der Waals surface area contributed by atoms with E-state index < -0.39 is 5.91 Å². The van der Waals surface area contributed by atoms with Crippen molar-refractivity contribution < 1.29 is 23.6 Å². The van der Waals surface area contributed by atoms with Crippen molar-refractivity contribution in [1.29, 1.82) is 0 Å². The van der Waals surface area contributed by atoms with Gasteiger partial charge in [0.25, 0.3) is 5.91 Å². The largest absolute Gasteiger partial charge is 0.486 e. The molecule has 1 aliphatic heterocycles. The standard InChI is InChI=1S/C23H21Cl2N3O5/c1-3-28(12-19(29)26-14-7-8-17-18(11-14)32-10-9-31-17)23(30)20-13(2)33-27-22(20)21-15(24)5-4-6-16(21)25/h4-8,11H,3,9-10,12H2,1-2H3,(H,26,29). The molecule has 2 amide bonds. The summed E-state index contributed by atoms with van der Waals surface area (Å²) < 4.78 is 16.3. The van der Waals surface area contributed by atoms with Crippen LogP contribution in [0.1, 0.15) is 23.0 Å². The fourth-order valence-corrected chi connectivity index (χ4v) is 4.08. The van der Waals surface area contributed by atoms with Crippen LogP contribution >= 0.6 is 23.2 Å². The highest BCUT2D eigenvalue weighted by molar-refractivity contribution is 6.39. The zero-order valence-electron chi connectivity index (χ0n) is 18.0. The first kappa shape index (κ1) is 22.9. The van der Waals surface area contributed by atoms with Crippen molar-refractivity contribution >= 4 is 40.7 Å². The minimum atomic E-state index is -0.417. The van der Waals surface area contributed by atoms with Crippen molar-refractivity contribution in [1.82, 2.24) is 10.1 Å². The first-order valence-electron chi connectivity index (χ1n) is 10.3. The monoisotopic (exact) mass is 489 g/mol. The van der Waals surface area contributed by atoms with E-state index in [1.54, 1.807) is 50.2 Å². The number of aromatic nitrogens is 1. The van der Waals surface area contributed by atoms with Gasteiger partial charge in [0.15, 0.2) is 11.5 Å². The van der Waals surface area contributed by atoms with Gasteiger partial charge in [-0.1, -0.05) is 34.4 Å². The molecule has 0 saturated heterocycles. The van der Waals surface area contributed by atoms with Gasteiger partial charge in [-0.25, -0.2) is 0 Å². The first-order valence-corrected chi connectivity index (χ1v) is 11.0. The Bertz CT molecular complexity index is 1190. The van der Waals surface area contributed by atoms with Crippen LogP contribution in [-0.4, -0.2) is 48.2 Å². The summed E-state index contributed by atoms with van der Waals surface area (Å²) in [6.45, 7) is 4.43. The second kappa shape index (κ2) is 9.72. The van der Waals surface area contributed by atoms with Crippen LogP contribution in [0.3, 0.4) is 0 Å². The highest BCUT2D eigenvalue weighted by atomic mass is 35.5. The fourth-order valence-electron chi connectivity index (χ4n) is 3.50. The lowest BCUT2D eigenvalue weighted by Crippen LogP contribution is -2.38. The molecule has 1 aliphatic rings. The van der Waals surface area contributed by atoms with Gasteiger partial charge in [0.1, 0.15) is 36.8 Å². The average molecular weight is 490 g/mol. The fraction of sp³-hybridized carbons (Fsp3) is 0.261. The van der Waals surface area contributed by atoms with Crippen LogP contribution in [0.25, 0.3) is 11.3 Å². The minimum absolute atomic E-state index is 0.176. The highest BCUT2D eigenvalue weighted by Crippen LogP contribution is 2.37. The van der Waals surface area contributed by atoms with Gasteiger partial charge < -0.3 is 24.2 Å². The molecule has 0 aliphatic carbocycles. The zero-order valence-corrected chi connectivity index (χ0v) is 19.5. The number of rotatable bonds is 6. The third kappa shape index (κ3) is 4.77. The molecule has 0 fully saturated rings. The molecule has 172 valence electrons. The minimum Gasteiger partial charge on any atom is -0.486 e.